The lowest BCUT2D eigenvalue weighted by atomic mass is 10.2. The number of rotatable bonds is 4. The van der Waals surface area contributed by atoms with Gasteiger partial charge in [0.25, 0.3) is 10.0 Å². The van der Waals surface area contributed by atoms with Crippen LogP contribution in [0.3, 0.4) is 0 Å². The highest BCUT2D eigenvalue weighted by atomic mass is 35.5. The number of benzene rings is 2. The molecule has 0 aliphatic carbocycles. The van der Waals surface area contributed by atoms with E-state index in [4.69, 9.17) is 17.3 Å². The van der Waals surface area contributed by atoms with Crippen molar-refractivity contribution in [2.45, 2.75) is 18.7 Å². The zero-order chi connectivity index (χ0) is 15.6. The average Bonchev–Trinajstić information content (AvgIpc) is 2.44. The summed E-state index contributed by atoms with van der Waals surface area (Å²) in [6.45, 7) is 3.96. The van der Waals surface area contributed by atoms with Gasteiger partial charge in [-0.05, 0) is 43.7 Å². The molecule has 0 amide bonds. The van der Waals surface area contributed by atoms with Crippen LogP contribution in [0.1, 0.15) is 12.5 Å². The Balaban J connectivity index is 2.61. The summed E-state index contributed by atoms with van der Waals surface area (Å²) in [4.78, 5) is 0.0279. The second-order valence-corrected chi connectivity index (χ2v) is 6.91. The summed E-state index contributed by atoms with van der Waals surface area (Å²) in [6.07, 6.45) is 0. The lowest BCUT2D eigenvalue weighted by Crippen LogP contribution is -2.31. The molecule has 4 nitrogen and oxygen atoms in total. The van der Waals surface area contributed by atoms with Crippen LogP contribution in [-0.2, 0) is 10.0 Å². The summed E-state index contributed by atoms with van der Waals surface area (Å²) in [5.74, 6) is 0. The Labute approximate surface area is 130 Å². The number of sulfonamides is 1. The minimum Gasteiger partial charge on any atom is -0.398 e. The van der Waals surface area contributed by atoms with Crippen molar-refractivity contribution < 1.29 is 8.42 Å². The van der Waals surface area contributed by atoms with Crippen LogP contribution in [0.5, 0.6) is 0 Å². The zero-order valence-electron chi connectivity index (χ0n) is 11.9. The van der Waals surface area contributed by atoms with E-state index in [1.165, 1.54) is 16.4 Å². The summed E-state index contributed by atoms with van der Waals surface area (Å²) in [6, 6.07) is 11.8. The molecule has 2 aromatic carbocycles. The molecule has 21 heavy (non-hydrogen) atoms. The molecule has 0 spiro atoms. The third kappa shape index (κ3) is 2.99. The van der Waals surface area contributed by atoms with Crippen LogP contribution in [0.4, 0.5) is 11.4 Å². The number of hydrogen-bond acceptors (Lipinski definition) is 3. The fourth-order valence-electron chi connectivity index (χ4n) is 2.16. The molecule has 2 N–H and O–H groups in total. The van der Waals surface area contributed by atoms with E-state index in [1.54, 1.807) is 19.1 Å². The first-order valence-corrected chi connectivity index (χ1v) is 8.33. The first kappa shape index (κ1) is 15.7. The molecule has 2 rings (SSSR count). The van der Waals surface area contributed by atoms with Crippen LogP contribution >= 0.6 is 11.6 Å². The number of anilines is 2. The molecule has 0 saturated carbocycles. The Hall–Kier alpha value is -1.72. The Bertz CT molecular complexity index is 760. The van der Waals surface area contributed by atoms with E-state index in [2.05, 4.69) is 0 Å². The number of aryl methyl sites for hydroxylation is 1. The van der Waals surface area contributed by atoms with Crippen LogP contribution in [0, 0.1) is 6.92 Å². The standard InChI is InChI=1S/C15H17ClN2O2S/c1-3-18(14-7-5-4-6-11(14)2)21(19,20)15-10-12(16)8-9-13(15)17/h4-10H,3,17H2,1-2H3. The molecule has 0 fully saturated rings. The molecule has 0 aromatic heterocycles. The second-order valence-electron chi connectivity index (χ2n) is 4.64. The van der Waals surface area contributed by atoms with Gasteiger partial charge in [-0.15, -0.1) is 0 Å². The molecular weight excluding hydrogens is 308 g/mol. The van der Waals surface area contributed by atoms with E-state index >= 15 is 0 Å². The van der Waals surface area contributed by atoms with Crippen LogP contribution in [0.25, 0.3) is 0 Å². The van der Waals surface area contributed by atoms with Crippen molar-refractivity contribution in [2.75, 3.05) is 16.6 Å². The Morgan fingerprint density at radius 2 is 1.86 bits per heavy atom. The Kier molecular flexibility index (Phi) is 4.44. The van der Waals surface area contributed by atoms with Crippen molar-refractivity contribution in [2.24, 2.45) is 0 Å². The fourth-order valence-corrected chi connectivity index (χ4v) is 4.08. The molecule has 2 aromatic rings. The maximum Gasteiger partial charge on any atom is 0.266 e. The topological polar surface area (TPSA) is 63.4 Å². The van der Waals surface area contributed by atoms with Crippen molar-refractivity contribution >= 4 is 33.0 Å². The van der Waals surface area contributed by atoms with E-state index in [-0.39, 0.29) is 10.6 Å². The van der Waals surface area contributed by atoms with Crippen LogP contribution < -0.4 is 10.0 Å². The Morgan fingerprint density at radius 3 is 2.48 bits per heavy atom. The summed E-state index contributed by atoms with van der Waals surface area (Å²) in [5.41, 5.74) is 7.52. The van der Waals surface area contributed by atoms with E-state index in [9.17, 15) is 8.42 Å². The normalized spacial score (nSPS) is 11.4. The third-order valence-corrected chi connectivity index (χ3v) is 5.39. The van der Waals surface area contributed by atoms with Gasteiger partial charge >= 0.3 is 0 Å². The predicted molar refractivity (Wildman–Crippen MR) is 87.2 cm³/mol. The molecule has 0 heterocycles. The van der Waals surface area contributed by atoms with Gasteiger partial charge in [-0.25, -0.2) is 8.42 Å². The first-order valence-electron chi connectivity index (χ1n) is 6.51. The monoisotopic (exact) mass is 324 g/mol. The fraction of sp³-hybridized carbons (Fsp3) is 0.200. The van der Waals surface area contributed by atoms with Crippen LogP contribution in [0.2, 0.25) is 5.02 Å². The van der Waals surface area contributed by atoms with Gasteiger partial charge in [-0.2, -0.15) is 0 Å². The number of nitrogens with two attached hydrogens (primary N) is 1. The second kappa shape index (κ2) is 5.95. The molecule has 0 saturated heterocycles. The molecule has 0 atom stereocenters. The van der Waals surface area contributed by atoms with E-state index in [0.717, 1.165) is 5.56 Å². The molecule has 0 bridgehead atoms. The summed E-state index contributed by atoms with van der Waals surface area (Å²) >= 11 is 5.91. The number of nitrogens with zero attached hydrogens (tertiary/aromatic N) is 1. The first-order chi connectivity index (χ1) is 9.87. The SMILES string of the molecule is CCN(c1ccccc1C)S(=O)(=O)c1cc(Cl)ccc1N. The van der Waals surface area contributed by atoms with Crippen molar-refractivity contribution in [1.82, 2.24) is 0 Å². The number of hydrogen-bond donors (Lipinski definition) is 1. The minimum absolute atomic E-state index is 0.0279. The van der Waals surface area contributed by atoms with Crippen molar-refractivity contribution in [3.05, 3.63) is 53.1 Å². The van der Waals surface area contributed by atoms with Crippen LogP contribution in [0.15, 0.2) is 47.4 Å². The number of nitrogen functional groups attached to an aromatic ring is 1. The average molecular weight is 325 g/mol. The maximum atomic E-state index is 12.9. The molecule has 0 aliphatic rings. The van der Waals surface area contributed by atoms with Crippen LogP contribution in [-0.4, -0.2) is 15.0 Å². The van der Waals surface area contributed by atoms with E-state index in [1.807, 2.05) is 25.1 Å². The molecule has 0 aliphatic heterocycles. The van der Waals surface area contributed by atoms with E-state index in [0.29, 0.717) is 17.3 Å². The predicted octanol–water partition coefficient (Wildman–Crippen LogP) is 3.45. The van der Waals surface area contributed by atoms with Gasteiger partial charge < -0.3 is 5.73 Å². The van der Waals surface area contributed by atoms with Gasteiger partial charge in [0, 0.05) is 11.6 Å². The van der Waals surface area contributed by atoms with Gasteiger partial charge in [0.15, 0.2) is 0 Å². The van der Waals surface area contributed by atoms with E-state index < -0.39 is 10.0 Å². The number of halogens is 1. The quantitative estimate of drug-likeness (QED) is 0.876. The van der Waals surface area contributed by atoms with Gasteiger partial charge in [0.05, 0.1) is 11.4 Å². The molecule has 112 valence electrons. The summed E-state index contributed by atoms with van der Waals surface area (Å²) in [7, 11) is -3.76. The highest BCUT2D eigenvalue weighted by molar-refractivity contribution is 7.93. The maximum absolute atomic E-state index is 12.9. The van der Waals surface area contributed by atoms with Crippen molar-refractivity contribution in [3.63, 3.8) is 0 Å². The summed E-state index contributed by atoms with van der Waals surface area (Å²) in [5, 5.41) is 0.337. The highest BCUT2D eigenvalue weighted by Crippen LogP contribution is 2.30. The summed E-state index contributed by atoms with van der Waals surface area (Å²) < 4.78 is 27.1. The van der Waals surface area contributed by atoms with Gasteiger partial charge in [0.2, 0.25) is 0 Å². The zero-order valence-corrected chi connectivity index (χ0v) is 13.4. The highest BCUT2D eigenvalue weighted by Gasteiger charge is 2.26. The third-order valence-electron chi connectivity index (χ3n) is 3.22. The Morgan fingerprint density at radius 1 is 1.19 bits per heavy atom. The number of para-hydroxylation sites is 1. The van der Waals surface area contributed by atoms with Gasteiger partial charge in [-0.3, -0.25) is 4.31 Å². The van der Waals surface area contributed by atoms with Crippen molar-refractivity contribution in [1.29, 1.82) is 0 Å². The molecular formula is C15H17ClN2O2S. The van der Waals surface area contributed by atoms with Gasteiger partial charge in [-0.1, -0.05) is 29.8 Å². The smallest absolute Gasteiger partial charge is 0.266 e. The van der Waals surface area contributed by atoms with Gasteiger partial charge in [0.1, 0.15) is 4.90 Å². The largest absolute Gasteiger partial charge is 0.398 e. The molecule has 6 heteroatoms. The molecule has 0 radical (unpaired) electrons. The lowest BCUT2D eigenvalue weighted by Gasteiger charge is -2.25. The van der Waals surface area contributed by atoms with Crippen molar-refractivity contribution in [3.8, 4) is 0 Å². The minimum atomic E-state index is -3.76. The lowest BCUT2D eigenvalue weighted by molar-refractivity contribution is 0.592. The molecule has 0 unspecified atom stereocenters.